The lowest BCUT2D eigenvalue weighted by Crippen LogP contribution is -2.25. The third-order valence-corrected chi connectivity index (χ3v) is 4.78. The number of rotatable bonds is 4. The van der Waals surface area contributed by atoms with Crippen molar-refractivity contribution in [3.8, 4) is 0 Å². The highest BCUT2D eigenvalue weighted by Crippen LogP contribution is 2.31. The minimum Gasteiger partial charge on any atom is -0.459 e. The molecule has 0 fully saturated rings. The van der Waals surface area contributed by atoms with E-state index < -0.39 is 5.91 Å². The van der Waals surface area contributed by atoms with Crippen LogP contribution in [0.5, 0.6) is 0 Å². The molecule has 0 radical (unpaired) electrons. The number of furan rings is 1. The topological polar surface area (TPSA) is 91.7 Å². The lowest BCUT2D eigenvalue weighted by Gasteiger charge is -2.15. The maximum Gasteiger partial charge on any atom is 0.291 e. The molecule has 7 heteroatoms. The normalized spacial score (nSPS) is 12.4. The number of benzene rings is 2. The summed E-state index contributed by atoms with van der Waals surface area (Å²) in [5.41, 5.74) is 3.24. The van der Waals surface area contributed by atoms with Crippen LogP contribution >= 0.6 is 0 Å². The van der Waals surface area contributed by atoms with Crippen molar-refractivity contribution in [1.82, 2.24) is 0 Å². The van der Waals surface area contributed by atoms with Crippen molar-refractivity contribution in [3.63, 3.8) is 0 Å². The second kappa shape index (κ2) is 7.63. The summed E-state index contributed by atoms with van der Waals surface area (Å²) < 4.78 is 5.09. The Balaban J connectivity index is 1.52. The number of hydrogen-bond acceptors (Lipinski definition) is 4. The predicted octanol–water partition coefficient (Wildman–Crippen LogP) is 3.69. The van der Waals surface area contributed by atoms with Crippen molar-refractivity contribution in [3.05, 3.63) is 77.7 Å². The Morgan fingerprint density at radius 2 is 1.79 bits per heavy atom. The van der Waals surface area contributed by atoms with Gasteiger partial charge in [-0.1, -0.05) is 12.1 Å². The van der Waals surface area contributed by atoms with Crippen LogP contribution < -0.4 is 15.5 Å². The van der Waals surface area contributed by atoms with Crippen LogP contribution in [0, 0.1) is 0 Å². The van der Waals surface area contributed by atoms with E-state index >= 15 is 0 Å². The molecule has 29 heavy (non-hydrogen) atoms. The first-order valence-corrected chi connectivity index (χ1v) is 9.19. The molecule has 3 amide bonds. The standard InChI is InChI=1S/C22H19N3O4/c1-14(26)25-11-10-15-13-16(8-9-19(15)25)23-21(27)17-5-2-3-6-18(17)24-22(28)20-7-4-12-29-20/h2-9,12-13H,10-11H2,1H3,(H,23,27)(H,24,28). The van der Waals surface area contributed by atoms with Gasteiger partial charge in [0.2, 0.25) is 5.91 Å². The monoisotopic (exact) mass is 389 g/mol. The van der Waals surface area contributed by atoms with Gasteiger partial charge in [-0.05, 0) is 54.4 Å². The van der Waals surface area contributed by atoms with E-state index in [1.807, 2.05) is 12.1 Å². The zero-order valence-corrected chi connectivity index (χ0v) is 15.8. The highest BCUT2D eigenvalue weighted by Gasteiger charge is 2.23. The fourth-order valence-electron chi connectivity index (χ4n) is 3.39. The number of carbonyl (C=O) groups excluding carboxylic acids is 3. The zero-order valence-electron chi connectivity index (χ0n) is 15.8. The molecule has 146 valence electrons. The largest absolute Gasteiger partial charge is 0.459 e. The van der Waals surface area contributed by atoms with Gasteiger partial charge < -0.3 is 20.0 Å². The maximum absolute atomic E-state index is 12.8. The van der Waals surface area contributed by atoms with Crippen molar-refractivity contribution in [2.24, 2.45) is 0 Å². The second-order valence-corrected chi connectivity index (χ2v) is 6.70. The Labute approximate surface area is 167 Å². The van der Waals surface area contributed by atoms with Gasteiger partial charge in [0.1, 0.15) is 0 Å². The summed E-state index contributed by atoms with van der Waals surface area (Å²) in [6, 6.07) is 15.4. The number of amides is 3. The molecular weight excluding hydrogens is 370 g/mol. The number of anilines is 3. The summed E-state index contributed by atoms with van der Waals surface area (Å²) in [6.07, 6.45) is 2.16. The molecule has 3 aromatic rings. The summed E-state index contributed by atoms with van der Waals surface area (Å²) >= 11 is 0. The van der Waals surface area contributed by atoms with Gasteiger partial charge in [-0.15, -0.1) is 0 Å². The third-order valence-electron chi connectivity index (χ3n) is 4.78. The first-order valence-electron chi connectivity index (χ1n) is 9.19. The molecule has 1 aliphatic rings. The number of nitrogens with zero attached hydrogens (tertiary/aromatic N) is 1. The number of fused-ring (bicyclic) bond motifs is 1. The van der Waals surface area contributed by atoms with Crippen LogP contribution in [0.3, 0.4) is 0 Å². The van der Waals surface area contributed by atoms with Crippen LogP contribution in [0.4, 0.5) is 17.1 Å². The summed E-state index contributed by atoms with van der Waals surface area (Å²) in [6.45, 7) is 2.18. The lowest BCUT2D eigenvalue weighted by atomic mass is 10.1. The number of carbonyl (C=O) groups is 3. The fraction of sp³-hybridized carbons (Fsp3) is 0.136. The van der Waals surface area contributed by atoms with Crippen molar-refractivity contribution >= 4 is 34.8 Å². The van der Waals surface area contributed by atoms with Crippen LogP contribution in [0.25, 0.3) is 0 Å². The molecule has 2 N–H and O–H groups in total. The summed E-state index contributed by atoms with van der Waals surface area (Å²) in [5, 5.41) is 5.57. The van der Waals surface area contributed by atoms with Gasteiger partial charge in [0.15, 0.2) is 5.76 Å². The van der Waals surface area contributed by atoms with E-state index in [9.17, 15) is 14.4 Å². The minimum absolute atomic E-state index is 0.00163. The summed E-state index contributed by atoms with van der Waals surface area (Å²) in [5.74, 6) is -0.616. The summed E-state index contributed by atoms with van der Waals surface area (Å²) in [7, 11) is 0. The molecule has 0 unspecified atom stereocenters. The van der Waals surface area contributed by atoms with Crippen molar-refractivity contribution in [2.75, 3.05) is 22.1 Å². The van der Waals surface area contributed by atoms with Crippen molar-refractivity contribution in [1.29, 1.82) is 0 Å². The SMILES string of the molecule is CC(=O)N1CCc2cc(NC(=O)c3ccccc3NC(=O)c3ccco3)ccc21. The van der Waals surface area contributed by atoms with Crippen molar-refractivity contribution in [2.45, 2.75) is 13.3 Å². The van der Waals surface area contributed by atoms with E-state index in [2.05, 4.69) is 10.6 Å². The average Bonchev–Trinajstić information content (AvgIpc) is 3.38. The molecule has 0 spiro atoms. The lowest BCUT2D eigenvalue weighted by molar-refractivity contribution is -0.116. The molecule has 0 bridgehead atoms. The van der Waals surface area contributed by atoms with E-state index in [1.165, 1.54) is 6.26 Å². The highest BCUT2D eigenvalue weighted by molar-refractivity contribution is 6.12. The van der Waals surface area contributed by atoms with Gasteiger partial charge in [0.25, 0.3) is 11.8 Å². The predicted molar refractivity (Wildman–Crippen MR) is 109 cm³/mol. The molecule has 0 saturated carbocycles. The molecule has 2 heterocycles. The van der Waals surface area contributed by atoms with Crippen molar-refractivity contribution < 1.29 is 18.8 Å². The van der Waals surface area contributed by atoms with Crippen LogP contribution in [-0.4, -0.2) is 24.3 Å². The van der Waals surface area contributed by atoms with Crippen LogP contribution in [0.2, 0.25) is 0 Å². The van der Waals surface area contributed by atoms with Crippen LogP contribution in [-0.2, 0) is 11.2 Å². The zero-order chi connectivity index (χ0) is 20.4. The smallest absolute Gasteiger partial charge is 0.291 e. The van der Waals surface area contributed by atoms with E-state index in [-0.39, 0.29) is 17.6 Å². The van der Waals surface area contributed by atoms with E-state index in [0.717, 1.165) is 17.7 Å². The number of nitrogens with one attached hydrogen (secondary N) is 2. The number of hydrogen-bond donors (Lipinski definition) is 2. The summed E-state index contributed by atoms with van der Waals surface area (Å²) in [4.78, 5) is 38.5. The highest BCUT2D eigenvalue weighted by atomic mass is 16.3. The Morgan fingerprint density at radius 3 is 2.55 bits per heavy atom. The molecule has 0 atom stereocenters. The van der Waals surface area contributed by atoms with E-state index in [0.29, 0.717) is 23.5 Å². The molecule has 2 aromatic carbocycles. The first kappa shape index (κ1) is 18.5. The third kappa shape index (κ3) is 3.75. The van der Waals surface area contributed by atoms with Crippen LogP contribution in [0.15, 0.2) is 65.3 Å². The van der Waals surface area contributed by atoms with Gasteiger partial charge in [-0.25, -0.2) is 0 Å². The molecule has 1 aliphatic heterocycles. The molecule has 4 rings (SSSR count). The first-order chi connectivity index (χ1) is 14.0. The second-order valence-electron chi connectivity index (χ2n) is 6.70. The van der Waals surface area contributed by atoms with E-state index in [4.69, 9.17) is 4.42 Å². The molecule has 0 saturated heterocycles. The van der Waals surface area contributed by atoms with Gasteiger partial charge in [0.05, 0.1) is 17.5 Å². The van der Waals surface area contributed by atoms with Gasteiger partial charge >= 0.3 is 0 Å². The Bertz CT molecular complexity index is 1090. The van der Waals surface area contributed by atoms with Gasteiger partial charge in [-0.3, -0.25) is 14.4 Å². The number of para-hydroxylation sites is 1. The quantitative estimate of drug-likeness (QED) is 0.712. The average molecular weight is 389 g/mol. The molecule has 1 aromatic heterocycles. The molecular formula is C22H19N3O4. The Morgan fingerprint density at radius 1 is 0.966 bits per heavy atom. The Hall–Kier alpha value is -3.87. The Kier molecular flexibility index (Phi) is 4.87. The van der Waals surface area contributed by atoms with Gasteiger partial charge in [-0.2, -0.15) is 0 Å². The molecule has 7 nitrogen and oxygen atoms in total. The van der Waals surface area contributed by atoms with E-state index in [1.54, 1.807) is 54.3 Å². The molecule has 0 aliphatic carbocycles. The van der Waals surface area contributed by atoms with Crippen LogP contribution in [0.1, 0.15) is 33.4 Å². The maximum atomic E-state index is 12.8. The minimum atomic E-state index is -0.433. The fourth-order valence-corrected chi connectivity index (χ4v) is 3.39. The van der Waals surface area contributed by atoms with Gasteiger partial charge in [0, 0.05) is 24.8 Å².